The Balaban J connectivity index is 1.96. The first-order valence-electron chi connectivity index (χ1n) is 6.58. The lowest BCUT2D eigenvalue weighted by molar-refractivity contribution is 0.506. The van der Waals surface area contributed by atoms with Crippen LogP contribution in [0.4, 0.5) is 0 Å². The summed E-state index contributed by atoms with van der Waals surface area (Å²) < 4.78 is 2.12. The van der Waals surface area contributed by atoms with Gasteiger partial charge in [0.25, 0.3) is 0 Å². The molecule has 98 valence electrons. The third-order valence-electron chi connectivity index (χ3n) is 3.81. The van der Waals surface area contributed by atoms with Crippen LogP contribution in [-0.2, 0) is 0 Å². The van der Waals surface area contributed by atoms with Gasteiger partial charge in [-0.1, -0.05) is 6.08 Å². The van der Waals surface area contributed by atoms with E-state index in [0.717, 1.165) is 17.8 Å². The van der Waals surface area contributed by atoms with Crippen molar-refractivity contribution in [2.24, 2.45) is 0 Å². The normalized spacial score (nSPS) is 14.7. The summed E-state index contributed by atoms with van der Waals surface area (Å²) in [6.45, 7) is 4.26. The molecule has 0 spiro atoms. The first-order valence-corrected chi connectivity index (χ1v) is 6.58. The third kappa shape index (κ3) is 2.05. The lowest BCUT2D eigenvalue weighted by Gasteiger charge is -2.13. The molecule has 1 aliphatic carbocycles. The number of allylic oxidation sites excluding steroid dienone is 3. The number of imidazole rings is 1. The van der Waals surface area contributed by atoms with E-state index in [4.69, 9.17) is 4.98 Å². The predicted molar refractivity (Wildman–Crippen MR) is 79.0 cm³/mol. The summed E-state index contributed by atoms with van der Waals surface area (Å²) in [5.74, 6) is 0. The van der Waals surface area contributed by atoms with Crippen molar-refractivity contribution in [3.8, 4) is 0 Å². The minimum absolute atomic E-state index is 0.967. The average Bonchev–Trinajstić information content (AvgIpc) is 2.95. The summed E-state index contributed by atoms with van der Waals surface area (Å²) in [6.07, 6.45) is 9.60. The second kappa shape index (κ2) is 4.26. The van der Waals surface area contributed by atoms with E-state index in [0.29, 0.717) is 0 Å². The van der Waals surface area contributed by atoms with Crippen LogP contribution in [0.5, 0.6) is 0 Å². The van der Waals surface area contributed by atoms with E-state index in [9.17, 15) is 0 Å². The molecule has 3 heteroatoms. The molecule has 2 aromatic rings. The Morgan fingerprint density at radius 2 is 1.89 bits per heavy atom. The fourth-order valence-corrected chi connectivity index (χ4v) is 2.38. The number of aryl methyl sites for hydroxylation is 2. The predicted octanol–water partition coefficient (Wildman–Crippen LogP) is 3.18. The summed E-state index contributed by atoms with van der Waals surface area (Å²) in [7, 11) is 4.16. The Kier molecular flexibility index (Phi) is 2.70. The van der Waals surface area contributed by atoms with Crippen molar-refractivity contribution in [2.75, 3.05) is 14.1 Å². The molecule has 3 nitrogen and oxygen atoms in total. The lowest BCUT2D eigenvalue weighted by Crippen LogP contribution is -2.09. The summed E-state index contributed by atoms with van der Waals surface area (Å²) in [6, 6.07) is 2.15. The molecular formula is C16H19N3. The van der Waals surface area contributed by atoms with E-state index in [1.165, 1.54) is 22.4 Å². The van der Waals surface area contributed by atoms with E-state index >= 15 is 0 Å². The van der Waals surface area contributed by atoms with Gasteiger partial charge in [0.2, 0.25) is 0 Å². The second-order valence-electron chi connectivity index (χ2n) is 5.45. The maximum atomic E-state index is 4.73. The van der Waals surface area contributed by atoms with Gasteiger partial charge in [0.15, 0.2) is 0 Å². The molecule has 0 saturated carbocycles. The lowest BCUT2D eigenvalue weighted by atomic mass is 10.1. The first-order chi connectivity index (χ1) is 9.04. The molecule has 19 heavy (non-hydrogen) atoms. The molecule has 0 radical (unpaired) electrons. The van der Waals surface area contributed by atoms with E-state index in [2.05, 4.69) is 67.9 Å². The van der Waals surface area contributed by atoms with E-state index < -0.39 is 0 Å². The molecule has 2 aromatic heterocycles. The summed E-state index contributed by atoms with van der Waals surface area (Å²) in [4.78, 5) is 6.89. The summed E-state index contributed by atoms with van der Waals surface area (Å²) in [5, 5.41) is 0. The number of hydrogen-bond acceptors (Lipinski definition) is 2. The zero-order valence-corrected chi connectivity index (χ0v) is 11.9. The molecule has 0 aliphatic heterocycles. The van der Waals surface area contributed by atoms with Gasteiger partial charge in [-0.15, -0.1) is 0 Å². The van der Waals surface area contributed by atoms with Crippen LogP contribution in [0.3, 0.4) is 0 Å². The zero-order chi connectivity index (χ0) is 13.6. The van der Waals surface area contributed by atoms with Crippen molar-refractivity contribution in [1.29, 1.82) is 0 Å². The van der Waals surface area contributed by atoms with Gasteiger partial charge in [0, 0.05) is 38.6 Å². The van der Waals surface area contributed by atoms with Gasteiger partial charge in [-0.3, -0.25) is 0 Å². The minimum atomic E-state index is 0.967. The minimum Gasteiger partial charge on any atom is -0.381 e. The van der Waals surface area contributed by atoms with Crippen LogP contribution in [0, 0.1) is 13.8 Å². The number of pyridine rings is 1. The van der Waals surface area contributed by atoms with Crippen LogP contribution in [-0.4, -0.2) is 28.4 Å². The molecule has 1 aliphatic rings. The van der Waals surface area contributed by atoms with Crippen molar-refractivity contribution in [3.05, 3.63) is 53.1 Å². The SMILES string of the molecule is Cc1cc2nc(C3=CC=C(N(C)C)C3)cn2cc1C. The average molecular weight is 253 g/mol. The highest BCUT2D eigenvalue weighted by atomic mass is 15.1. The summed E-state index contributed by atoms with van der Waals surface area (Å²) >= 11 is 0. The number of fused-ring (bicyclic) bond motifs is 1. The maximum absolute atomic E-state index is 4.73. The second-order valence-corrected chi connectivity index (χ2v) is 5.45. The van der Waals surface area contributed by atoms with Gasteiger partial charge >= 0.3 is 0 Å². The third-order valence-corrected chi connectivity index (χ3v) is 3.81. The first kappa shape index (κ1) is 12.0. The smallest absolute Gasteiger partial charge is 0.137 e. The van der Waals surface area contributed by atoms with Gasteiger partial charge < -0.3 is 9.30 Å². The van der Waals surface area contributed by atoms with Gasteiger partial charge in [-0.05, 0) is 42.7 Å². The number of rotatable bonds is 2. The molecule has 3 rings (SSSR count). The Morgan fingerprint density at radius 1 is 1.11 bits per heavy atom. The standard InChI is InChI=1S/C16H19N3/c1-11-7-16-17-15(10-19(16)9-12(11)2)13-5-6-14(8-13)18(3)4/h5-7,9-10H,8H2,1-4H3. The van der Waals surface area contributed by atoms with Gasteiger partial charge in [0.05, 0.1) is 5.69 Å². The van der Waals surface area contributed by atoms with Crippen molar-refractivity contribution in [3.63, 3.8) is 0 Å². The molecule has 0 fully saturated rings. The van der Waals surface area contributed by atoms with Crippen LogP contribution >= 0.6 is 0 Å². The van der Waals surface area contributed by atoms with Crippen LogP contribution < -0.4 is 0 Å². The molecule has 0 atom stereocenters. The quantitative estimate of drug-likeness (QED) is 0.819. The largest absolute Gasteiger partial charge is 0.381 e. The number of aromatic nitrogens is 2. The van der Waals surface area contributed by atoms with Crippen molar-refractivity contribution < 1.29 is 0 Å². The summed E-state index contributed by atoms with van der Waals surface area (Å²) in [5.41, 5.74) is 7.32. The van der Waals surface area contributed by atoms with Crippen LogP contribution in [0.1, 0.15) is 23.2 Å². The van der Waals surface area contributed by atoms with E-state index in [1.807, 2.05) is 0 Å². The van der Waals surface area contributed by atoms with Crippen molar-refractivity contribution >= 4 is 11.2 Å². The van der Waals surface area contributed by atoms with E-state index in [1.54, 1.807) is 0 Å². The number of nitrogens with zero attached hydrogens (tertiary/aromatic N) is 3. The molecule has 0 unspecified atom stereocenters. The van der Waals surface area contributed by atoms with Crippen molar-refractivity contribution in [1.82, 2.24) is 14.3 Å². The molecule has 0 saturated heterocycles. The van der Waals surface area contributed by atoms with Crippen LogP contribution in [0.15, 0.2) is 36.3 Å². The Hall–Kier alpha value is -2.03. The number of hydrogen-bond donors (Lipinski definition) is 0. The monoisotopic (exact) mass is 253 g/mol. The Labute approximate surface area is 113 Å². The molecule has 2 heterocycles. The fraction of sp³-hybridized carbons (Fsp3) is 0.312. The topological polar surface area (TPSA) is 20.5 Å². The highest BCUT2D eigenvalue weighted by molar-refractivity contribution is 5.71. The molecule has 0 amide bonds. The molecule has 0 aromatic carbocycles. The highest BCUT2D eigenvalue weighted by Crippen LogP contribution is 2.28. The molecule has 0 bridgehead atoms. The Bertz CT molecular complexity index is 663. The molecule has 0 N–H and O–H groups in total. The van der Waals surface area contributed by atoms with Gasteiger partial charge in [-0.25, -0.2) is 4.98 Å². The van der Waals surface area contributed by atoms with Crippen LogP contribution in [0.25, 0.3) is 11.2 Å². The van der Waals surface area contributed by atoms with Gasteiger partial charge in [0.1, 0.15) is 5.65 Å². The van der Waals surface area contributed by atoms with E-state index in [-0.39, 0.29) is 0 Å². The zero-order valence-electron chi connectivity index (χ0n) is 11.9. The molecular weight excluding hydrogens is 234 g/mol. The van der Waals surface area contributed by atoms with Crippen LogP contribution in [0.2, 0.25) is 0 Å². The fourth-order valence-electron chi connectivity index (χ4n) is 2.38. The van der Waals surface area contributed by atoms with Gasteiger partial charge in [-0.2, -0.15) is 0 Å². The van der Waals surface area contributed by atoms with Crippen molar-refractivity contribution in [2.45, 2.75) is 20.3 Å². The highest BCUT2D eigenvalue weighted by Gasteiger charge is 2.14. The maximum Gasteiger partial charge on any atom is 0.137 e. The Morgan fingerprint density at radius 3 is 2.58 bits per heavy atom.